The molecule has 1 fully saturated rings. The lowest BCUT2D eigenvalue weighted by atomic mass is 9.97. The predicted octanol–water partition coefficient (Wildman–Crippen LogP) is 4.34. The highest BCUT2D eigenvalue weighted by Crippen LogP contribution is 2.29. The van der Waals surface area contributed by atoms with Crippen LogP contribution in [0.15, 0.2) is 59.5 Å². The summed E-state index contributed by atoms with van der Waals surface area (Å²) < 4.78 is 0. The van der Waals surface area contributed by atoms with Crippen molar-refractivity contribution in [1.29, 1.82) is 0 Å². The van der Waals surface area contributed by atoms with Crippen molar-refractivity contribution in [2.75, 3.05) is 37.8 Å². The van der Waals surface area contributed by atoms with Crippen LogP contribution < -0.4 is 10.6 Å². The van der Waals surface area contributed by atoms with Crippen LogP contribution in [-0.4, -0.2) is 54.2 Å². The molecule has 7 nitrogen and oxygen atoms in total. The van der Waals surface area contributed by atoms with Crippen molar-refractivity contribution in [3.8, 4) is 0 Å². The van der Waals surface area contributed by atoms with Gasteiger partial charge in [-0.05, 0) is 48.9 Å². The van der Waals surface area contributed by atoms with Crippen LogP contribution >= 0.6 is 11.8 Å². The molecular formula is C22H26N4O3S. The minimum atomic E-state index is -0.303. The zero-order valence-electron chi connectivity index (χ0n) is 17.1. The van der Waals surface area contributed by atoms with Gasteiger partial charge in [-0.15, -0.1) is 0 Å². The van der Waals surface area contributed by atoms with Gasteiger partial charge < -0.3 is 20.4 Å². The number of likely N-dealkylation sites (tertiary alicyclic amines) is 1. The van der Waals surface area contributed by atoms with Gasteiger partial charge in [0.05, 0.1) is 11.6 Å². The van der Waals surface area contributed by atoms with Crippen molar-refractivity contribution in [2.45, 2.75) is 17.7 Å². The molecule has 0 aliphatic carbocycles. The molecular weight excluding hydrogens is 400 g/mol. The van der Waals surface area contributed by atoms with Gasteiger partial charge in [-0.2, -0.15) is 0 Å². The van der Waals surface area contributed by atoms with E-state index in [0.717, 1.165) is 23.9 Å². The maximum absolute atomic E-state index is 12.9. The van der Waals surface area contributed by atoms with E-state index in [1.165, 1.54) is 4.90 Å². The Bertz CT molecular complexity index is 904. The van der Waals surface area contributed by atoms with E-state index in [-0.39, 0.29) is 23.1 Å². The highest BCUT2D eigenvalue weighted by Gasteiger charge is 2.29. The molecule has 0 saturated carbocycles. The SMILES string of the molecule is CN(C)C(=O)Sc1ccccc1NC(=O)C1CCCN(C(=O)Nc2ccccc2)C1. The molecule has 2 aromatic carbocycles. The number of nitrogens with one attached hydrogen (secondary N) is 2. The maximum atomic E-state index is 12.9. The fourth-order valence-corrected chi connectivity index (χ4v) is 3.93. The lowest BCUT2D eigenvalue weighted by molar-refractivity contribution is -0.121. The highest BCUT2D eigenvalue weighted by atomic mass is 32.2. The predicted molar refractivity (Wildman–Crippen MR) is 120 cm³/mol. The van der Waals surface area contributed by atoms with E-state index in [9.17, 15) is 14.4 Å². The second kappa shape index (κ2) is 10.2. The number of nitrogens with zero attached hydrogens (tertiary/aromatic N) is 2. The molecule has 1 heterocycles. The van der Waals surface area contributed by atoms with Crippen molar-refractivity contribution >= 4 is 40.3 Å². The Morgan fingerprint density at radius 3 is 2.43 bits per heavy atom. The lowest BCUT2D eigenvalue weighted by Gasteiger charge is -2.32. The van der Waals surface area contributed by atoms with E-state index in [1.54, 1.807) is 25.1 Å². The molecule has 4 amide bonds. The van der Waals surface area contributed by atoms with Crippen LogP contribution in [0.4, 0.5) is 21.0 Å². The summed E-state index contributed by atoms with van der Waals surface area (Å²) in [5.41, 5.74) is 1.33. The Hall–Kier alpha value is -3.00. The number of para-hydroxylation sites is 2. The van der Waals surface area contributed by atoms with E-state index in [2.05, 4.69) is 10.6 Å². The molecule has 2 N–H and O–H groups in total. The first-order chi connectivity index (χ1) is 14.4. The first kappa shape index (κ1) is 21.7. The third-order valence-corrected chi connectivity index (χ3v) is 5.93. The van der Waals surface area contributed by atoms with Gasteiger partial charge in [0.25, 0.3) is 5.24 Å². The zero-order chi connectivity index (χ0) is 21.5. The van der Waals surface area contributed by atoms with Crippen LogP contribution in [0.3, 0.4) is 0 Å². The largest absolute Gasteiger partial charge is 0.339 e. The second-order valence-corrected chi connectivity index (χ2v) is 8.32. The normalized spacial score (nSPS) is 15.9. The van der Waals surface area contributed by atoms with Gasteiger partial charge in [0.2, 0.25) is 5.91 Å². The third kappa shape index (κ3) is 5.76. The molecule has 0 bridgehead atoms. The number of rotatable bonds is 4. The van der Waals surface area contributed by atoms with Crippen LogP contribution in [0.1, 0.15) is 12.8 Å². The molecule has 3 rings (SSSR count). The second-order valence-electron chi connectivity index (χ2n) is 7.33. The van der Waals surface area contributed by atoms with Gasteiger partial charge in [-0.1, -0.05) is 30.3 Å². The lowest BCUT2D eigenvalue weighted by Crippen LogP contribution is -2.45. The Morgan fingerprint density at radius 1 is 1.00 bits per heavy atom. The molecule has 0 spiro atoms. The van der Waals surface area contributed by atoms with Gasteiger partial charge in [0, 0.05) is 37.8 Å². The average molecular weight is 427 g/mol. The molecule has 1 saturated heterocycles. The minimum absolute atomic E-state index is 0.113. The van der Waals surface area contributed by atoms with Gasteiger partial charge in [-0.25, -0.2) is 4.79 Å². The molecule has 1 unspecified atom stereocenters. The minimum Gasteiger partial charge on any atom is -0.339 e. The number of amides is 4. The van der Waals surface area contributed by atoms with Gasteiger partial charge in [-0.3, -0.25) is 9.59 Å². The van der Waals surface area contributed by atoms with Gasteiger partial charge in [0.15, 0.2) is 0 Å². The molecule has 158 valence electrons. The summed E-state index contributed by atoms with van der Waals surface area (Å²) in [5, 5.41) is 5.70. The summed E-state index contributed by atoms with van der Waals surface area (Å²) in [6, 6.07) is 16.3. The third-order valence-electron chi connectivity index (χ3n) is 4.81. The number of hydrogen-bond acceptors (Lipinski definition) is 4. The summed E-state index contributed by atoms with van der Waals surface area (Å²) in [7, 11) is 3.38. The Kier molecular flexibility index (Phi) is 7.35. The maximum Gasteiger partial charge on any atom is 0.321 e. The monoisotopic (exact) mass is 426 g/mol. The van der Waals surface area contributed by atoms with Crippen LogP contribution in [0.5, 0.6) is 0 Å². The Labute approximate surface area is 180 Å². The fraction of sp³-hybridized carbons (Fsp3) is 0.318. The smallest absolute Gasteiger partial charge is 0.321 e. The van der Waals surface area contributed by atoms with Crippen molar-refractivity contribution < 1.29 is 14.4 Å². The number of piperidine rings is 1. The Balaban J connectivity index is 1.62. The number of benzene rings is 2. The van der Waals surface area contributed by atoms with Crippen LogP contribution in [-0.2, 0) is 4.79 Å². The topological polar surface area (TPSA) is 81.8 Å². The molecule has 8 heteroatoms. The number of hydrogen-bond donors (Lipinski definition) is 2. The quantitative estimate of drug-likeness (QED) is 0.713. The molecule has 1 aliphatic heterocycles. The molecule has 30 heavy (non-hydrogen) atoms. The fourth-order valence-electron chi connectivity index (χ4n) is 3.18. The van der Waals surface area contributed by atoms with Crippen LogP contribution in [0.2, 0.25) is 0 Å². The van der Waals surface area contributed by atoms with Crippen molar-refractivity contribution in [2.24, 2.45) is 5.92 Å². The standard InChI is InChI=1S/C22H26N4O3S/c1-25(2)22(29)30-19-13-7-6-12-18(19)24-20(27)16-9-8-14-26(15-16)21(28)23-17-10-4-3-5-11-17/h3-7,10-13,16H,8-9,14-15H2,1-2H3,(H,23,28)(H,24,27). The number of anilines is 2. The first-order valence-electron chi connectivity index (χ1n) is 9.84. The number of thioether (sulfide) groups is 1. The van der Waals surface area contributed by atoms with Gasteiger partial charge >= 0.3 is 6.03 Å². The van der Waals surface area contributed by atoms with E-state index in [4.69, 9.17) is 0 Å². The van der Waals surface area contributed by atoms with Crippen LogP contribution in [0, 0.1) is 5.92 Å². The number of carbonyl (C=O) groups is 3. The molecule has 1 aliphatic rings. The van der Waals surface area contributed by atoms with E-state index in [0.29, 0.717) is 30.1 Å². The van der Waals surface area contributed by atoms with Crippen LogP contribution in [0.25, 0.3) is 0 Å². The van der Waals surface area contributed by atoms with Crippen molar-refractivity contribution in [1.82, 2.24) is 9.80 Å². The molecule has 0 aromatic heterocycles. The van der Waals surface area contributed by atoms with E-state index >= 15 is 0 Å². The summed E-state index contributed by atoms with van der Waals surface area (Å²) in [5.74, 6) is -0.444. The van der Waals surface area contributed by atoms with E-state index in [1.807, 2.05) is 48.5 Å². The number of urea groups is 1. The molecule has 2 aromatic rings. The number of carbonyl (C=O) groups excluding carboxylic acids is 3. The van der Waals surface area contributed by atoms with Crippen molar-refractivity contribution in [3.05, 3.63) is 54.6 Å². The summed E-state index contributed by atoms with van der Waals surface area (Å²) in [6.45, 7) is 0.975. The highest BCUT2D eigenvalue weighted by molar-refractivity contribution is 8.13. The van der Waals surface area contributed by atoms with E-state index < -0.39 is 0 Å². The summed E-state index contributed by atoms with van der Waals surface area (Å²) in [6.07, 6.45) is 1.47. The molecule has 1 atom stereocenters. The first-order valence-corrected chi connectivity index (χ1v) is 10.7. The van der Waals surface area contributed by atoms with Crippen molar-refractivity contribution in [3.63, 3.8) is 0 Å². The summed E-state index contributed by atoms with van der Waals surface area (Å²) in [4.78, 5) is 41.4. The average Bonchev–Trinajstić information content (AvgIpc) is 2.75. The molecule has 0 radical (unpaired) electrons. The zero-order valence-corrected chi connectivity index (χ0v) is 17.9. The van der Waals surface area contributed by atoms with Gasteiger partial charge in [0.1, 0.15) is 0 Å². The summed E-state index contributed by atoms with van der Waals surface area (Å²) >= 11 is 1.07. The Morgan fingerprint density at radius 2 is 1.70 bits per heavy atom.